The number of rotatable bonds is 2. The third kappa shape index (κ3) is 2.33. The largest absolute Gasteiger partial charge is 0.375 e. The Labute approximate surface area is 121 Å². The number of nitrogens with one attached hydrogen (secondary N) is 1. The molecule has 0 saturated heterocycles. The predicted octanol–water partition coefficient (Wildman–Crippen LogP) is 3.92. The van der Waals surface area contributed by atoms with Crippen molar-refractivity contribution >= 4 is 5.69 Å². The van der Waals surface area contributed by atoms with E-state index < -0.39 is 0 Å². The van der Waals surface area contributed by atoms with Crippen LogP contribution in [-0.2, 0) is 13.5 Å². The highest BCUT2D eigenvalue weighted by Gasteiger charge is 2.20. The van der Waals surface area contributed by atoms with Crippen molar-refractivity contribution < 1.29 is 0 Å². The van der Waals surface area contributed by atoms with Crippen LogP contribution in [0.4, 0.5) is 5.69 Å². The van der Waals surface area contributed by atoms with E-state index in [1.165, 1.54) is 48.2 Å². The van der Waals surface area contributed by atoms with Gasteiger partial charge in [0.2, 0.25) is 0 Å². The first-order chi connectivity index (χ1) is 9.66. The highest BCUT2D eigenvalue weighted by molar-refractivity contribution is 5.54. The van der Waals surface area contributed by atoms with Crippen LogP contribution in [0.5, 0.6) is 0 Å². The smallest absolute Gasteiger partial charge is 0.0828 e. The number of fused-ring (bicyclic) bond motifs is 1. The zero-order valence-corrected chi connectivity index (χ0v) is 12.6. The van der Waals surface area contributed by atoms with Crippen LogP contribution in [0.2, 0.25) is 0 Å². The van der Waals surface area contributed by atoms with E-state index in [4.69, 9.17) is 0 Å². The van der Waals surface area contributed by atoms with Crippen LogP contribution in [0.1, 0.15) is 47.8 Å². The van der Waals surface area contributed by atoms with Crippen molar-refractivity contribution in [2.75, 3.05) is 5.32 Å². The van der Waals surface area contributed by atoms with Gasteiger partial charge in [-0.3, -0.25) is 4.68 Å². The van der Waals surface area contributed by atoms with Crippen LogP contribution in [0.25, 0.3) is 0 Å². The zero-order valence-electron chi connectivity index (χ0n) is 12.6. The van der Waals surface area contributed by atoms with Crippen molar-refractivity contribution in [2.24, 2.45) is 7.05 Å². The quantitative estimate of drug-likeness (QED) is 0.838. The maximum Gasteiger partial charge on any atom is 0.0828 e. The molecule has 20 heavy (non-hydrogen) atoms. The van der Waals surface area contributed by atoms with Crippen molar-refractivity contribution in [3.8, 4) is 0 Å². The fraction of sp³-hybridized carbons (Fsp3) is 0.471. The molecule has 0 amide bonds. The van der Waals surface area contributed by atoms with E-state index in [1.54, 1.807) is 0 Å². The molecule has 3 nitrogen and oxygen atoms in total. The lowest BCUT2D eigenvalue weighted by molar-refractivity contribution is 0.643. The molecule has 0 fully saturated rings. The summed E-state index contributed by atoms with van der Waals surface area (Å²) >= 11 is 0. The van der Waals surface area contributed by atoms with Crippen LogP contribution >= 0.6 is 0 Å². The second-order valence-corrected chi connectivity index (χ2v) is 5.81. The average Bonchev–Trinajstić information content (AvgIpc) is 2.63. The molecule has 1 aliphatic carbocycles. The van der Waals surface area contributed by atoms with Crippen molar-refractivity contribution in [3.05, 3.63) is 46.8 Å². The number of nitrogens with zero attached hydrogens (tertiary/aromatic N) is 2. The van der Waals surface area contributed by atoms with Gasteiger partial charge < -0.3 is 5.32 Å². The molecule has 1 heterocycles. The van der Waals surface area contributed by atoms with Gasteiger partial charge in [-0.2, -0.15) is 5.10 Å². The topological polar surface area (TPSA) is 29.9 Å². The molecule has 0 aliphatic heterocycles. The lowest BCUT2D eigenvalue weighted by Gasteiger charge is -2.21. The van der Waals surface area contributed by atoms with E-state index in [9.17, 15) is 0 Å². The summed E-state index contributed by atoms with van der Waals surface area (Å²) in [6.07, 6.45) is 4.98. The van der Waals surface area contributed by atoms with Crippen LogP contribution in [0.15, 0.2) is 24.3 Å². The number of benzene rings is 1. The molecular formula is C17H23N3. The molecule has 1 atom stereocenters. The second-order valence-electron chi connectivity index (χ2n) is 5.81. The predicted molar refractivity (Wildman–Crippen MR) is 83.0 cm³/mol. The molecule has 1 aliphatic rings. The summed E-state index contributed by atoms with van der Waals surface area (Å²) in [7, 11) is 2.01. The van der Waals surface area contributed by atoms with Crippen LogP contribution in [0, 0.1) is 13.8 Å². The van der Waals surface area contributed by atoms with Gasteiger partial charge in [0.1, 0.15) is 0 Å². The molecule has 1 N–H and O–H groups in total. The first-order valence-corrected chi connectivity index (χ1v) is 7.51. The minimum Gasteiger partial charge on any atom is -0.375 e. The molecule has 0 radical (unpaired) electrons. The third-order valence-electron chi connectivity index (χ3n) is 4.45. The van der Waals surface area contributed by atoms with Crippen molar-refractivity contribution in [1.82, 2.24) is 9.78 Å². The van der Waals surface area contributed by atoms with Crippen molar-refractivity contribution in [2.45, 2.75) is 45.6 Å². The standard InChI is InChI=1S/C17H23N3/c1-12-17(13(2)20(3)19-12)18-16-11-7-5-9-14-8-4-6-10-15(14)16/h4,6,8,10,16,18H,5,7,9,11H2,1-3H3. The lowest BCUT2D eigenvalue weighted by Crippen LogP contribution is -2.12. The molecule has 0 bridgehead atoms. The fourth-order valence-corrected chi connectivity index (χ4v) is 3.23. The molecule has 1 aromatic heterocycles. The fourth-order valence-electron chi connectivity index (χ4n) is 3.23. The van der Waals surface area contributed by atoms with Gasteiger partial charge in [0, 0.05) is 7.05 Å². The highest BCUT2D eigenvalue weighted by atomic mass is 15.3. The Balaban J connectivity index is 1.94. The molecular weight excluding hydrogens is 246 g/mol. The zero-order chi connectivity index (χ0) is 14.1. The SMILES string of the molecule is Cc1nn(C)c(C)c1NC1CCCCc2ccccc21. The molecule has 1 unspecified atom stereocenters. The van der Waals surface area contributed by atoms with Crippen molar-refractivity contribution in [3.63, 3.8) is 0 Å². The van der Waals surface area contributed by atoms with Crippen LogP contribution < -0.4 is 5.32 Å². The van der Waals surface area contributed by atoms with E-state index in [0.717, 1.165) is 5.69 Å². The monoisotopic (exact) mass is 269 g/mol. The first-order valence-electron chi connectivity index (χ1n) is 7.51. The van der Waals surface area contributed by atoms with Gasteiger partial charge in [0.15, 0.2) is 0 Å². The maximum atomic E-state index is 4.51. The minimum absolute atomic E-state index is 0.412. The van der Waals surface area contributed by atoms with Crippen molar-refractivity contribution in [1.29, 1.82) is 0 Å². The van der Waals surface area contributed by atoms with E-state index in [0.29, 0.717) is 6.04 Å². The van der Waals surface area contributed by atoms with Gasteiger partial charge in [-0.25, -0.2) is 0 Å². The summed E-state index contributed by atoms with van der Waals surface area (Å²) in [6.45, 7) is 4.21. The summed E-state index contributed by atoms with van der Waals surface area (Å²) in [4.78, 5) is 0. The van der Waals surface area contributed by atoms with Gasteiger partial charge >= 0.3 is 0 Å². The Kier molecular flexibility index (Phi) is 3.51. The van der Waals surface area contributed by atoms with Gasteiger partial charge in [-0.1, -0.05) is 30.7 Å². The van der Waals surface area contributed by atoms with E-state index in [-0.39, 0.29) is 0 Å². The van der Waals surface area contributed by atoms with Gasteiger partial charge in [0.25, 0.3) is 0 Å². The summed E-state index contributed by atoms with van der Waals surface area (Å²) in [5, 5.41) is 8.26. The van der Waals surface area contributed by atoms with Gasteiger partial charge in [-0.05, 0) is 44.2 Å². The molecule has 3 heteroatoms. The highest BCUT2D eigenvalue weighted by Crippen LogP contribution is 2.33. The Morgan fingerprint density at radius 1 is 1.20 bits per heavy atom. The molecule has 0 saturated carbocycles. The van der Waals surface area contributed by atoms with Gasteiger partial charge in [-0.15, -0.1) is 0 Å². The van der Waals surface area contributed by atoms with Crippen LogP contribution in [0.3, 0.4) is 0 Å². The lowest BCUT2D eigenvalue weighted by atomic mass is 9.99. The second kappa shape index (κ2) is 5.31. The summed E-state index contributed by atoms with van der Waals surface area (Å²) in [5.74, 6) is 0. The van der Waals surface area contributed by atoms with E-state index in [2.05, 4.69) is 48.5 Å². The Hall–Kier alpha value is -1.77. The molecule has 1 aromatic carbocycles. The van der Waals surface area contributed by atoms with Crippen LogP contribution in [-0.4, -0.2) is 9.78 Å². The Morgan fingerprint density at radius 2 is 2.00 bits per heavy atom. The van der Waals surface area contributed by atoms with E-state index >= 15 is 0 Å². The number of anilines is 1. The number of hydrogen-bond acceptors (Lipinski definition) is 2. The Bertz CT molecular complexity index is 613. The number of aromatic nitrogens is 2. The molecule has 106 valence electrons. The molecule has 3 rings (SSSR count). The maximum absolute atomic E-state index is 4.51. The normalized spacial score (nSPS) is 18.4. The van der Waals surface area contributed by atoms with Gasteiger partial charge in [0.05, 0.1) is 23.1 Å². The summed E-state index contributed by atoms with van der Waals surface area (Å²) < 4.78 is 1.96. The Morgan fingerprint density at radius 3 is 2.75 bits per heavy atom. The molecule has 2 aromatic rings. The average molecular weight is 269 g/mol. The third-order valence-corrected chi connectivity index (χ3v) is 4.45. The summed E-state index contributed by atoms with van der Waals surface area (Å²) in [6, 6.07) is 9.27. The first kappa shape index (κ1) is 13.2. The minimum atomic E-state index is 0.412. The number of hydrogen-bond donors (Lipinski definition) is 1. The molecule has 0 spiro atoms. The summed E-state index contributed by atoms with van der Waals surface area (Å²) in [5.41, 5.74) is 6.47. The number of aryl methyl sites for hydroxylation is 3. The van der Waals surface area contributed by atoms with E-state index in [1.807, 2.05) is 11.7 Å².